The number of nitrogens with zero attached hydrogens (tertiary/aromatic N) is 1. The molecular weight excluding hydrogens is 264 g/mol. The van der Waals surface area contributed by atoms with Crippen LogP contribution < -0.4 is 9.62 Å². The van der Waals surface area contributed by atoms with E-state index in [2.05, 4.69) is 11.3 Å². The SMILES string of the molecule is C=CC1CC(=O)N(c2ccccc2NS(C)(=O)=O)C1. The van der Waals surface area contributed by atoms with Crippen molar-refractivity contribution >= 4 is 27.3 Å². The van der Waals surface area contributed by atoms with E-state index in [0.29, 0.717) is 24.3 Å². The summed E-state index contributed by atoms with van der Waals surface area (Å²) in [4.78, 5) is 13.6. The number of carbonyl (C=O) groups is 1. The number of amides is 1. The Kier molecular flexibility index (Phi) is 3.61. The minimum absolute atomic E-state index is 0.0207. The molecule has 1 aromatic rings. The number of nitrogens with one attached hydrogen (secondary N) is 1. The summed E-state index contributed by atoms with van der Waals surface area (Å²) < 4.78 is 25.1. The second-order valence-electron chi connectivity index (χ2n) is 4.60. The minimum Gasteiger partial charge on any atom is -0.310 e. The molecule has 1 N–H and O–H groups in total. The molecule has 0 aliphatic carbocycles. The fourth-order valence-electron chi connectivity index (χ4n) is 2.12. The molecular formula is C13H16N2O3S. The molecule has 0 radical (unpaired) electrons. The summed E-state index contributed by atoms with van der Waals surface area (Å²) in [5.41, 5.74) is 1.00. The lowest BCUT2D eigenvalue weighted by Gasteiger charge is -2.20. The molecule has 5 nitrogen and oxygen atoms in total. The zero-order valence-corrected chi connectivity index (χ0v) is 11.5. The Morgan fingerprint density at radius 3 is 2.68 bits per heavy atom. The van der Waals surface area contributed by atoms with Crippen LogP contribution in [0.4, 0.5) is 11.4 Å². The number of rotatable bonds is 4. The number of para-hydroxylation sites is 2. The molecule has 1 atom stereocenters. The number of hydrogen-bond acceptors (Lipinski definition) is 3. The largest absolute Gasteiger partial charge is 0.310 e. The van der Waals surface area contributed by atoms with E-state index in [4.69, 9.17) is 0 Å². The molecule has 1 fully saturated rings. The van der Waals surface area contributed by atoms with Crippen molar-refractivity contribution < 1.29 is 13.2 Å². The fourth-order valence-corrected chi connectivity index (χ4v) is 2.69. The summed E-state index contributed by atoms with van der Waals surface area (Å²) >= 11 is 0. The third kappa shape index (κ3) is 3.14. The van der Waals surface area contributed by atoms with Crippen molar-refractivity contribution in [3.05, 3.63) is 36.9 Å². The first-order valence-corrected chi connectivity index (χ1v) is 7.79. The highest BCUT2D eigenvalue weighted by Crippen LogP contribution is 2.31. The Hall–Kier alpha value is -1.82. The van der Waals surface area contributed by atoms with E-state index in [-0.39, 0.29) is 11.8 Å². The molecule has 0 bridgehead atoms. The van der Waals surface area contributed by atoms with Gasteiger partial charge in [0.25, 0.3) is 0 Å². The lowest BCUT2D eigenvalue weighted by Crippen LogP contribution is -2.26. The maximum Gasteiger partial charge on any atom is 0.229 e. The van der Waals surface area contributed by atoms with E-state index in [1.54, 1.807) is 35.2 Å². The summed E-state index contributed by atoms with van der Waals surface area (Å²) in [7, 11) is -3.37. The van der Waals surface area contributed by atoms with Gasteiger partial charge in [-0.1, -0.05) is 18.2 Å². The molecule has 1 unspecified atom stereocenters. The first-order valence-electron chi connectivity index (χ1n) is 5.90. The van der Waals surface area contributed by atoms with Crippen LogP contribution in [0.3, 0.4) is 0 Å². The van der Waals surface area contributed by atoms with Gasteiger partial charge in [-0.05, 0) is 12.1 Å². The van der Waals surface area contributed by atoms with Gasteiger partial charge in [0, 0.05) is 18.9 Å². The van der Waals surface area contributed by atoms with Crippen LogP contribution in [0.2, 0.25) is 0 Å². The predicted molar refractivity (Wildman–Crippen MR) is 75.6 cm³/mol. The van der Waals surface area contributed by atoms with E-state index in [0.717, 1.165) is 6.26 Å². The second kappa shape index (κ2) is 5.05. The highest BCUT2D eigenvalue weighted by Gasteiger charge is 2.30. The molecule has 0 aromatic heterocycles. The van der Waals surface area contributed by atoms with Gasteiger partial charge in [0.05, 0.1) is 17.6 Å². The molecule has 1 heterocycles. The van der Waals surface area contributed by atoms with Crippen molar-refractivity contribution in [2.75, 3.05) is 22.4 Å². The summed E-state index contributed by atoms with van der Waals surface area (Å²) in [5.74, 6) is 0.0893. The fraction of sp³-hybridized carbons (Fsp3) is 0.308. The third-order valence-electron chi connectivity index (χ3n) is 2.98. The number of benzene rings is 1. The number of carbonyl (C=O) groups excluding carboxylic acids is 1. The average Bonchev–Trinajstić information content (AvgIpc) is 2.69. The van der Waals surface area contributed by atoms with Gasteiger partial charge in [0.15, 0.2) is 0 Å². The van der Waals surface area contributed by atoms with Gasteiger partial charge < -0.3 is 4.90 Å². The highest BCUT2D eigenvalue weighted by molar-refractivity contribution is 7.92. The Morgan fingerprint density at radius 1 is 1.42 bits per heavy atom. The lowest BCUT2D eigenvalue weighted by atomic mass is 10.1. The zero-order chi connectivity index (χ0) is 14.0. The van der Waals surface area contributed by atoms with Gasteiger partial charge in [-0.15, -0.1) is 6.58 Å². The predicted octanol–water partition coefficient (Wildman–Crippen LogP) is 1.60. The van der Waals surface area contributed by atoms with Gasteiger partial charge in [-0.2, -0.15) is 0 Å². The van der Waals surface area contributed by atoms with Crippen molar-refractivity contribution in [1.82, 2.24) is 0 Å². The first kappa shape index (κ1) is 13.6. The van der Waals surface area contributed by atoms with Crippen LogP contribution in [0.1, 0.15) is 6.42 Å². The summed E-state index contributed by atoms with van der Waals surface area (Å²) in [6.07, 6.45) is 3.25. The first-order chi connectivity index (χ1) is 8.90. The number of sulfonamides is 1. The van der Waals surface area contributed by atoms with Crippen LogP contribution >= 0.6 is 0 Å². The molecule has 1 saturated heterocycles. The third-order valence-corrected chi connectivity index (χ3v) is 3.57. The van der Waals surface area contributed by atoms with Crippen LogP contribution in [-0.2, 0) is 14.8 Å². The molecule has 1 aromatic carbocycles. The average molecular weight is 280 g/mol. The summed E-state index contributed by atoms with van der Waals surface area (Å²) in [5, 5.41) is 0. The normalized spacial score (nSPS) is 19.5. The standard InChI is InChI=1S/C13H16N2O3S/c1-3-10-8-13(16)15(9-10)12-7-5-4-6-11(12)14-19(2,17)18/h3-7,10,14H,1,8-9H2,2H3. The van der Waals surface area contributed by atoms with E-state index >= 15 is 0 Å². The van der Waals surface area contributed by atoms with Gasteiger partial charge in [0.1, 0.15) is 0 Å². The molecule has 19 heavy (non-hydrogen) atoms. The summed E-state index contributed by atoms with van der Waals surface area (Å²) in [6.45, 7) is 4.23. The van der Waals surface area contributed by atoms with Crippen molar-refractivity contribution in [3.8, 4) is 0 Å². The van der Waals surface area contributed by atoms with Crippen LogP contribution in [0.25, 0.3) is 0 Å². The van der Waals surface area contributed by atoms with Gasteiger partial charge in [-0.3, -0.25) is 9.52 Å². The van der Waals surface area contributed by atoms with Crippen LogP contribution in [0.5, 0.6) is 0 Å². The van der Waals surface area contributed by atoms with Crippen LogP contribution in [0.15, 0.2) is 36.9 Å². The molecule has 2 rings (SSSR count). The Bertz CT molecular complexity index is 610. The smallest absolute Gasteiger partial charge is 0.229 e. The Balaban J connectivity index is 2.35. The quantitative estimate of drug-likeness (QED) is 0.852. The van der Waals surface area contributed by atoms with E-state index < -0.39 is 10.0 Å². The maximum atomic E-state index is 12.0. The minimum atomic E-state index is -3.37. The zero-order valence-electron chi connectivity index (χ0n) is 10.7. The Labute approximate surface area is 113 Å². The van der Waals surface area contributed by atoms with Crippen molar-refractivity contribution in [2.24, 2.45) is 5.92 Å². The molecule has 102 valence electrons. The number of anilines is 2. The molecule has 1 aliphatic heterocycles. The van der Waals surface area contributed by atoms with Gasteiger partial charge in [-0.25, -0.2) is 8.42 Å². The topological polar surface area (TPSA) is 66.5 Å². The molecule has 0 spiro atoms. The van der Waals surface area contributed by atoms with E-state index in [1.165, 1.54) is 0 Å². The van der Waals surface area contributed by atoms with E-state index in [1.807, 2.05) is 0 Å². The van der Waals surface area contributed by atoms with Crippen molar-refractivity contribution in [2.45, 2.75) is 6.42 Å². The highest BCUT2D eigenvalue weighted by atomic mass is 32.2. The summed E-state index contributed by atoms with van der Waals surface area (Å²) in [6, 6.07) is 6.88. The molecule has 1 aliphatic rings. The number of hydrogen-bond donors (Lipinski definition) is 1. The van der Waals surface area contributed by atoms with Crippen molar-refractivity contribution in [1.29, 1.82) is 0 Å². The Morgan fingerprint density at radius 2 is 2.11 bits per heavy atom. The maximum absolute atomic E-state index is 12.0. The second-order valence-corrected chi connectivity index (χ2v) is 6.34. The molecule has 1 amide bonds. The van der Waals surface area contributed by atoms with Crippen LogP contribution in [-0.4, -0.2) is 27.1 Å². The van der Waals surface area contributed by atoms with Gasteiger partial charge >= 0.3 is 0 Å². The molecule has 0 saturated carbocycles. The van der Waals surface area contributed by atoms with Gasteiger partial charge in [0.2, 0.25) is 15.9 Å². The molecule has 6 heteroatoms. The van der Waals surface area contributed by atoms with E-state index in [9.17, 15) is 13.2 Å². The monoisotopic (exact) mass is 280 g/mol. The van der Waals surface area contributed by atoms with Crippen molar-refractivity contribution in [3.63, 3.8) is 0 Å². The van der Waals surface area contributed by atoms with Crippen LogP contribution in [0, 0.1) is 5.92 Å². The lowest BCUT2D eigenvalue weighted by molar-refractivity contribution is -0.117.